The van der Waals surface area contributed by atoms with Gasteiger partial charge in [-0.1, -0.05) is 54.1 Å². The van der Waals surface area contributed by atoms with Crippen LogP contribution in [0.1, 0.15) is 16.7 Å². The zero-order valence-corrected chi connectivity index (χ0v) is 16.1. The van der Waals surface area contributed by atoms with Gasteiger partial charge in [0.25, 0.3) is 0 Å². The Balaban J connectivity index is 1.73. The lowest BCUT2D eigenvalue weighted by Crippen LogP contribution is -2.44. The van der Waals surface area contributed by atoms with Gasteiger partial charge < -0.3 is 4.90 Å². The lowest BCUT2D eigenvalue weighted by atomic mass is 10.00. The molecule has 1 amide bonds. The fourth-order valence-corrected chi connectivity index (χ4v) is 3.98. The van der Waals surface area contributed by atoms with E-state index in [-0.39, 0.29) is 19.0 Å². The highest BCUT2D eigenvalue weighted by molar-refractivity contribution is 7.88. The third kappa shape index (κ3) is 4.44. The van der Waals surface area contributed by atoms with Gasteiger partial charge in [0.05, 0.1) is 12.8 Å². The summed E-state index contributed by atoms with van der Waals surface area (Å²) in [5.41, 5.74) is 3.04. The first-order valence-corrected chi connectivity index (χ1v) is 10.6. The highest BCUT2D eigenvalue weighted by Crippen LogP contribution is 2.21. The maximum absolute atomic E-state index is 12.7. The summed E-state index contributed by atoms with van der Waals surface area (Å²) < 4.78 is 25.5. The molecule has 0 N–H and O–H groups in total. The van der Waals surface area contributed by atoms with Crippen molar-refractivity contribution in [3.8, 4) is 0 Å². The second-order valence-corrected chi connectivity index (χ2v) is 8.85. The monoisotopic (exact) mass is 392 g/mol. The third-order valence-electron chi connectivity index (χ3n) is 4.57. The van der Waals surface area contributed by atoms with Crippen molar-refractivity contribution in [2.24, 2.45) is 0 Å². The SMILES string of the molecule is CS(=O)(=O)N(CC(=O)N1CCc2ccccc2C1)Cc1ccccc1Cl. The zero-order chi connectivity index (χ0) is 18.7. The van der Waals surface area contributed by atoms with Gasteiger partial charge in [0.15, 0.2) is 0 Å². The Morgan fingerprint density at radius 3 is 2.46 bits per heavy atom. The number of hydrogen-bond acceptors (Lipinski definition) is 3. The van der Waals surface area contributed by atoms with Crippen molar-refractivity contribution in [1.29, 1.82) is 0 Å². The number of halogens is 1. The molecule has 1 aliphatic rings. The van der Waals surface area contributed by atoms with Crippen LogP contribution < -0.4 is 0 Å². The van der Waals surface area contributed by atoms with E-state index in [1.54, 1.807) is 29.2 Å². The molecule has 3 rings (SSSR count). The molecule has 2 aromatic carbocycles. The van der Waals surface area contributed by atoms with Crippen molar-refractivity contribution in [2.75, 3.05) is 19.3 Å². The average molecular weight is 393 g/mol. The predicted molar refractivity (Wildman–Crippen MR) is 102 cm³/mol. The molecule has 2 aromatic rings. The normalized spacial score (nSPS) is 14.3. The summed E-state index contributed by atoms with van der Waals surface area (Å²) >= 11 is 6.14. The largest absolute Gasteiger partial charge is 0.337 e. The fraction of sp³-hybridized carbons (Fsp3) is 0.316. The van der Waals surface area contributed by atoms with Gasteiger partial charge in [0, 0.05) is 24.7 Å². The number of amides is 1. The van der Waals surface area contributed by atoms with Gasteiger partial charge in [-0.2, -0.15) is 4.31 Å². The zero-order valence-electron chi connectivity index (χ0n) is 14.6. The van der Waals surface area contributed by atoms with Crippen LogP contribution in [0.5, 0.6) is 0 Å². The summed E-state index contributed by atoms with van der Waals surface area (Å²) in [4.78, 5) is 14.4. The Bertz CT molecular complexity index is 915. The molecule has 7 heteroatoms. The molecule has 0 bridgehead atoms. The van der Waals surface area contributed by atoms with Crippen LogP contribution in [-0.2, 0) is 34.3 Å². The molecule has 1 aliphatic heterocycles. The first-order chi connectivity index (χ1) is 12.3. The summed E-state index contributed by atoms with van der Waals surface area (Å²) in [5, 5.41) is 0.487. The Morgan fingerprint density at radius 1 is 1.12 bits per heavy atom. The van der Waals surface area contributed by atoms with Crippen LogP contribution >= 0.6 is 11.6 Å². The molecule has 26 heavy (non-hydrogen) atoms. The van der Waals surface area contributed by atoms with Gasteiger partial charge >= 0.3 is 0 Å². The molecule has 5 nitrogen and oxygen atoms in total. The van der Waals surface area contributed by atoms with E-state index in [0.717, 1.165) is 18.2 Å². The first-order valence-electron chi connectivity index (χ1n) is 8.37. The maximum atomic E-state index is 12.7. The summed E-state index contributed by atoms with van der Waals surface area (Å²) in [6, 6.07) is 15.1. The smallest absolute Gasteiger partial charge is 0.238 e. The number of hydrogen-bond donors (Lipinski definition) is 0. The molecule has 1 heterocycles. The number of rotatable bonds is 5. The van der Waals surface area contributed by atoms with Crippen molar-refractivity contribution < 1.29 is 13.2 Å². The summed E-state index contributed by atoms with van der Waals surface area (Å²) in [7, 11) is -3.55. The predicted octanol–water partition coefficient (Wildman–Crippen LogP) is 2.69. The quantitative estimate of drug-likeness (QED) is 0.786. The van der Waals surface area contributed by atoms with Gasteiger partial charge in [-0.25, -0.2) is 8.42 Å². The third-order valence-corrected chi connectivity index (χ3v) is 6.13. The van der Waals surface area contributed by atoms with Crippen molar-refractivity contribution in [1.82, 2.24) is 9.21 Å². The van der Waals surface area contributed by atoms with Gasteiger partial charge in [-0.15, -0.1) is 0 Å². The van der Waals surface area contributed by atoms with Crippen LogP contribution in [0.2, 0.25) is 5.02 Å². The Kier molecular flexibility index (Phi) is 5.65. The van der Waals surface area contributed by atoms with E-state index in [4.69, 9.17) is 11.6 Å². The molecule has 0 aromatic heterocycles. The second-order valence-electron chi connectivity index (χ2n) is 6.46. The topological polar surface area (TPSA) is 57.7 Å². The van der Waals surface area contributed by atoms with E-state index in [1.165, 1.54) is 9.87 Å². The molecular weight excluding hydrogens is 372 g/mol. The van der Waals surface area contributed by atoms with E-state index in [9.17, 15) is 13.2 Å². The van der Waals surface area contributed by atoms with E-state index in [2.05, 4.69) is 6.07 Å². The Morgan fingerprint density at radius 2 is 1.77 bits per heavy atom. The number of benzene rings is 2. The first kappa shape index (κ1) is 18.9. The Hall–Kier alpha value is -1.89. The Labute approximate surface area is 159 Å². The molecule has 138 valence electrons. The molecular formula is C19H21ClN2O3S. The molecule has 0 radical (unpaired) electrons. The fourth-order valence-electron chi connectivity index (χ4n) is 3.07. The van der Waals surface area contributed by atoms with Crippen LogP contribution in [0.4, 0.5) is 0 Å². The summed E-state index contributed by atoms with van der Waals surface area (Å²) in [5.74, 6) is -0.197. The standard InChI is InChI=1S/C19H21ClN2O3S/c1-26(24,25)22(13-17-8-4-5-9-18(17)20)14-19(23)21-11-10-15-6-2-3-7-16(15)12-21/h2-9H,10-14H2,1H3. The van der Waals surface area contributed by atoms with Crippen LogP contribution in [0.25, 0.3) is 0 Å². The van der Waals surface area contributed by atoms with Gasteiger partial charge in [-0.05, 0) is 29.2 Å². The van der Waals surface area contributed by atoms with E-state index >= 15 is 0 Å². The molecule has 0 saturated carbocycles. The number of carbonyl (C=O) groups excluding carboxylic acids is 1. The van der Waals surface area contributed by atoms with E-state index in [0.29, 0.717) is 23.7 Å². The van der Waals surface area contributed by atoms with Crippen molar-refractivity contribution in [2.45, 2.75) is 19.5 Å². The van der Waals surface area contributed by atoms with E-state index in [1.807, 2.05) is 18.2 Å². The van der Waals surface area contributed by atoms with Crippen molar-refractivity contribution >= 4 is 27.5 Å². The highest BCUT2D eigenvalue weighted by Gasteiger charge is 2.26. The average Bonchev–Trinajstić information content (AvgIpc) is 2.61. The molecule has 0 saturated heterocycles. The number of nitrogens with zero attached hydrogens (tertiary/aromatic N) is 2. The van der Waals surface area contributed by atoms with E-state index < -0.39 is 10.0 Å². The van der Waals surface area contributed by atoms with Crippen molar-refractivity contribution in [3.63, 3.8) is 0 Å². The minimum Gasteiger partial charge on any atom is -0.337 e. The molecule has 0 spiro atoms. The van der Waals surface area contributed by atoms with Crippen LogP contribution in [0, 0.1) is 0 Å². The molecule has 0 aliphatic carbocycles. The van der Waals surface area contributed by atoms with Gasteiger partial charge in [-0.3, -0.25) is 4.79 Å². The second kappa shape index (κ2) is 7.78. The summed E-state index contributed by atoms with van der Waals surface area (Å²) in [6.45, 7) is 0.999. The minimum atomic E-state index is -3.55. The van der Waals surface area contributed by atoms with Crippen molar-refractivity contribution in [3.05, 3.63) is 70.2 Å². The molecule has 0 unspecified atom stereocenters. The van der Waals surface area contributed by atoms with Crippen LogP contribution in [0.15, 0.2) is 48.5 Å². The van der Waals surface area contributed by atoms with Crippen LogP contribution in [-0.4, -0.2) is 42.9 Å². The highest BCUT2D eigenvalue weighted by atomic mass is 35.5. The maximum Gasteiger partial charge on any atom is 0.238 e. The number of carbonyl (C=O) groups is 1. The number of sulfonamides is 1. The number of fused-ring (bicyclic) bond motifs is 1. The summed E-state index contributed by atoms with van der Waals surface area (Å²) in [6.07, 6.45) is 1.90. The van der Waals surface area contributed by atoms with Gasteiger partial charge in [0.2, 0.25) is 15.9 Å². The van der Waals surface area contributed by atoms with Gasteiger partial charge in [0.1, 0.15) is 0 Å². The lowest BCUT2D eigenvalue weighted by molar-refractivity contribution is -0.132. The molecule has 0 fully saturated rings. The lowest BCUT2D eigenvalue weighted by Gasteiger charge is -2.30. The minimum absolute atomic E-state index is 0.0780. The van der Waals surface area contributed by atoms with Crippen LogP contribution in [0.3, 0.4) is 0 Å². The molecule has 0 atom stereocenters.